The van der Waals surface area contributed by atoms with Crippen LogP contribution in [0.3, 0.4) is 0 Å². The molecule has 1 aromatic carbocycles. The first-order chi connectivity index (χ1) is 11.7. The molecule has 0 unspecified atom stereocenters. The number of alkyl carbamates (subject to hydrolysis) is 1. The molecule has 0 bridgehead atoms. The second-order valence-electron chi connectivity index (χ2n) is 6.28. The number of hydrogen-bond acceptors (Lipinski definition) is 5. The first kappa shape index (κ1) is 24.1. The summed E-state index contributed by atoms with van der Waals surface area (Å²) in [6.45, 7) is 6.67. The Bertz CT molecular complexity index is 603. The summed E-state index contributed by atoms with van der Waals surface area (Å²) >= 11 is 0. The molecule has 26 heavy (non-hydrogen) atoms. The number of aliphatic imine (C=N–C) groups is 1. The fourth-order valence-electron chi connectivity index (χ4n) is 1.89. The highest BCUT2D eigenvalue weighted by Gasteiger charge is 2.15. The van der Waals surface area contributed by atoms with Gasteiger partial charge in [-0.05, 0) is 39.0 Å². The van der Waals surface area contributed by atoms with Gasteiger partial charge < -0.3 is 30.5 Å². The van der Waals surface area contributed by atoms with Gasteiger partial charge in [0.15, 0.2) is 5.96 Å². The Kier molecular flexibility index (Phi) is 10.8. The number of nitrogens with zero attached hydrogens (tertiary/aromatic N) is 1. The predicted octanol–water partition coefficient (Wildman–Crippen LogP) is 2.21. The summed E-state index contributed by atoms with van der Waals surface area (Å²) in [6.07, 6.45) is -0.460. The molecule has 1 aromatic rings. The Morgan fingerprint density at radius 3 is 2.42 bits per heavy atom. The van der Waals surface area contributed by atoms with Crippen molar-refractivity contribution in [2.24, 2.45) is 4.99 Å². The van der Waals surface area contributed by atoms with Crippen LogP contribution in [0.1, 0.15) is 26.3 Å². The number of ether oxygens (including phenoxy) is 2. The van der Waals surface area contributed by atoms with Crippen LogP contribution in [0, 0.1) is 0 Å². The molecule has 0 aliphatic rings. The zero-order chi connectivity index (χ0) is 18.9. The summed E-state index contributed by atoms with van der Waals surface area (Å²) in [6, 6.07) is 5.02. The van der Waals surface area contributed by atoms with Crippen molar-refractivity contribution < 1.29 is 19.4 Å². The second kappa shape index (κ2) is 11.7. The lowest BCUT2D eigenvalue weighted by Gasteiger charge is -2.20. The maximum atomic E-state index is 11.5. The number of aromatic hydroxyl groups is 1. The van der Waals surface area contributed by atoms with Gasteiger partial charge in [0.1, 0.15) is 17.1 Å². The van der Waals surface area contributed by atoms with E-state index in [4.69, 9.17) is 9.47 Å². The first-order valence-electron chi connectivity index (χ1n) is 8.02. The van der Waals surface area contributed by atoms with Gasteiger partial charge in [-0.15, -0.1) is 24.0 Å². The number of hydrogen-bond donors (Lipinski definition) is 4. The summed E-state index contributed by atoms with van der Waals surface area (Å²) in [5.41, 5.74) is 0.169. The molecule has 9 heteroatoms. The standard InChI is InChI=1S/C17H28N4O4.HI/c1-17(2,3)25-16(23)20-9-8-19-15(18-4)21-11-12-10-13(24-5)6-7-14(12)22;/h6-7,10,22H,8-9,11H2,1-5H3,(H,20,23)(H2,18,19,21);1H. The summed E-state index contributed by atoms with van der Waals surface area (Å²) < 4.78 is 10.3. The summed E-state index contributed by atoms with van der Waals surface area (Å²) in [4.78, 5) is 15.6. The lowest BCUT2D eigenvalue weighted by atomic mass is 10.2. The molecule has 0 heterocycles. The van der Waals surface area contributed by atoms with E-state index in [-0.39, 0.29) is 29.7 Å². The van der Waals surface area contributed by atoms with Gasteiger partial charge in [-0.3, -0.25) is 4.99 Å². The number of guanidine groups is 1. The van der Waals surface area contributed by atoms with Crippen LogP contribution < -0.4 is 20.7 Å². The number of methoxy groups -OCH3 is 1. The second-order valence-corrected chi connectivity index (χ2v) is 6.28. The van der Waals surface area contributed by atoms with Crippen LogP contribution in [0.5, 0.6) is 11.5 Å². The molecule has 0 aliphatic carbocycles. The molecule has 0 saturated carbocycles. The molecule has 0 saturated heterocycles. The lowest BCUT2D eigenvalue weighted by Crippen LogP contribution is -2.42. The third kappa shape index (κ3) is 9.54. The third-order valence-corrected chi connectivity index (χ3v) is 3.04. The molecule has 1 amide bonds. The summed E-state index contributed by atoms with van der Waals surface area (Å²) in [5.74, 6) is 1.39. The van der Waals surface area contributed by atoms with Gasteiger partial charge in [0.05, 0.1) is 7.11 Å². The van der Waals surface area contributed by atoms with Crippen molar-refractivity contribution in [3.8, 4) is 11.5 Å². The predicted molar refractivity (Wildman–Crippen MR) is 113 cm³/mol. The number of halogens is 1. The van der Waals surface area contributed by atoms with Crippen LogP contribution in [0.2, 0.25) is 0 Å². The smallest absolute Gasteiger partial charge is 0.407 e. The fraction of sp³-hybridized carbons (Fsp3) is 0.529. The van der Waals surface area contributed by atoms with Crippen molar-refractivity contribution in [2.45, 2.75) is 32.9 Å². The molecular weight excluding hydrogens is 451 g/mol. The highest BCUT2D eigenvalue weighted by Crippen LogP contribution is 2.22. The minimum atomic E-state index is -0.520. The maximum absolute atomic E-state index is 11.5. The Labute approximate surface area is 171 Å². The molecule has 148 valence electrons. The molecule has 0 radical (unpaired) electrons. The number of carbonyl (C=O) groups is 1. The normalized spacial score (nSPS) is 11.2. The summed E-state index contributed by atoms with van der Waals surface area (Å²) in [7, 11) is 3.21. The van der Waals surface area contributed by atoms with E-state index < -0.39 is 11.7 Å². The Morgan fingerprint density at radius 1 is 1.19 bits per heavy atom. The number of carbonyl (C=O) groups excluding carboxylic acids is 1. The summed E-state index contributed by atoms with van der Waals surface area (Å²) in [5, 5.41) is 18.7. The molecule has 0 spiro atoms. The van der Waals surface area contributed by atoms with E-state index in [1.165, 1.54) is 0 Å². The van der Waals surface area contributed by atoms with Crippen LogP contribution in [0.25, 0.3) is 0 Å². The van der Waals surface area contributed by atoms with Gasteiger partial charge in [-0.1, -0.05) is 0 Å². The van der Waals surface area contributed by atoms with Crippen LogP contribution >= 0.6 is 24.0 Å². The zero-order valence-corrected chi connectivity index (χ0v) is 18.2. The quantitative estimate of drug-likeness (QED) is 0.216. The Morgan fingerprint density at radius 2 is 1.85 bits per heavy atom. The Balaban J connectivity index is 0.00000625. The molecule has 0 fully saturated rings. The monoisotopic (exact) mass is 480 g/mol. The first-order valence-corrected chi connectivity index (χ1v) is 8.02. The molecular formula is C17H29IN4O4. The Hall–Kier alpha value is -1.91. The number of benzene rings is 1. The number of phenols is 1. The topological polar surface area (TPSA) is 104 Å². The molecule has 4 N–H and O–H groups in total. The van der Waals surface area contributed by atoms with E-state index in [0.29, 0.717) is 36.9 Å². The lowest BCUT2D eigenvalue weighted by molar-refractivity contribution is 0.0529. The molecule has 1 rings (SSSR count). The van der Waals surface area contributed by atoms with Crippen molar-refractivity contribution in [1.29, 1.82) is 0 Å². The van der Waals surface area contributed by atoms with E-state index in [2.05, 4.69) is 20.9 Å². The van der Waals surface area contributed by atoms with Crippen molar-refractivity contribution in [3.05, 3.63) is 23.8 Å². The van der Waals surface area contributed by atoms with Crippen LogP contribution in [-0.2, 0) is 11.3 Å². The van der Waals surface area contributed by atoms with Gasteiger partial charge in [0.2, 0.25) is 0 Å². The fourth-order valence-corrected chi connectivity index (χ4v) is 1.89. The van der Waals surface area contributed by atoms with E-state index >= 15 is 0 Å². The molecule has 8 nitrogen and oxygen atoms in total. The number of rotatable bonds is 6. The van der Waals surface area contributed by atoms with Crippen molar-refractivity contribution in [1.82, 2.24) is 16.0 Å². The molecule has 0 aromatic heterocycles. The van der Waals surface area contributed by atoms with E-state index in [0.717, 1.165) is 0 Å². The van der Waals surface area contributed by atoms with E-state index in [1.54, 1.807) is 32.4 Å². The largest absolute Gasteiger partial charge is 0.508 e. The van der Waals surface area contributed by atoms with Gasteiger partial charge in [-0.2, -0.15) is 0 Å². The third-order valence-electron chi connectivity index (χ3n) is 3.04. The zero-order valence-electron chi connectivity index (χ0n) is 15.9. The van der Waals surface area contributed by atoms with Crippen molar-refractivity contribution >= 4 is 36.0 Å². The highest BCUT2D eigenvalue weighted by atomic mass is 127. The van der Waals surface area contributed by atoms with Gasteiger partial charge in [-0.25, -0.2) is 4.79 Å². The van der Waals surface area contributed by atoms with Gasteiger partial charge in [0, 0.05) is 32.2 Å². The highest BCUT2D eigenvalue weighted by molar-refractivity contribution is 14.0. The van der Waals surface area contributed by atoms with Crippen LogP contribution in [0.15, 0.2) is 23.2 Å². The number of phenolic OH excluding ortho intramolecular Hbond substituents is 1. The van der Waals surface area contributed by atoms with E-state index in [9.17, 15) is 9.90 Å². The minimum Gasteiger partial charge on any atom is -0.508 e. The molecule has 0 aliphatic heterocycles. The minimum absolute atomic E-state index is 0. The van der Waals surface area contributed by atoms with Crippen molar-refractivity contribution in [2.75, 3.05) is 27.2 Å². The number of nitrogens with one attached hydrogen (secondary N) is 3. The average molecular weight is 480 g/mol. The van der Waals surface area contributed by atoms with E-state index in [1.807, 2.05) is 20.8 Å². The van der Waals surface area contributed by atoms with Crippen LogP contribution in [-0.4, -0.2) is 50.0 Å². The van der Waals surface area contributed by atoms with Crippen LogP contribution in [0.4, 0.5) is 4.79 Å². The maximum Gasteiger partial charge on any atom is 0.407 e. The van der Waals surface area contributed by atoms with Crippen molar-refractivity contribution in [3.63, 3.8) is 0 Å². The number of amides is 1. The average Bonchev–Trinajstić information content (AvgIpc) is 2.54. The molecule has 0 atom stereocenters. The van der Waals surface area contributed by atoms with Gasteiger partial charge in [0.25, 0.3) is 0 Å². The van der Waals surface area contributed by atoms with Gasteiger partial charge >= 0.3 is 6.09 Å². The SMILES string of the molecule is CN=C(NCCNC(=O)OC(C)(C)C)NCc1cc(OC)ccc1O.I.